The van der Waals surface area contributed by atoms with Crippen LogP contribution in [0.5, 0.6) is 0 Å². The number of carboxylic acid groups (broad SMARTS) is 1. The van der Waals surface area contributed by atoms with Gasteiger partial charge in [-0.2, -0.15) is 0 Å². The number of hydrogen-bond acceptors (Lipinski definition) is 4. The van der Waals surface area contributed by atoms with Crippen molar-refractivity contribution in [1.29, 1.82) is 0 Å². The second-order valence-electron chi connectivity index (χ2n) is 2.43. The average molecular weight is 193 g/mol. The Morgan fingerprint density at radius 1 is 1.38 bits per heavy atom. The van der Waals surface area contributed by atoms with Gasteiger partial charge in [0.15, 0.2) is 0 Å². The molecule has 0 fully saturated rings. The maximum absolute atomic E-state index is 10.4. The molecule has 2 heterocycles. The molecule has 0 unspecified atom stereocenters. The molecule has 66 valence electrons. The van der Waals surface area contributed by atoms with Crippen LogP contribution in [0, 0.1) is 0 Å². The van der Waals surface area contributed by atoms with Crippen LogP contribution in [0.15, 0.2) is 34.1 Å². The third-order valence-electron chi connectivity index (χ3n) is 1.57. The van der Waals surface area contributed by atoms with Gasteiger partial charge < -0.3 is 14.3 Å². The monoisotopic (exact) mass is 193 g/mol. The topological polar surface area (TPSA) is 53.3 Å². The molecule has 0 atom stereocenters. The summed E-state index contributed by atoms with van der Waals surface area (Å²) < 4.78 is 5.04. The van der Waals surface area contributed by atoms with E-state index in [0.717, 1.165) is 4.88 Å². The van der Waals surface area contributed by atoms with Gasteiger partial charge in [0.25, 0.3) is 0 Å². The summed E-state index contributed by atoms with van der Waals surface area (Å²) in [6, 6.07) is 6.76. The van der Waals surface area contributed by atoms with Crippen LogP contribution in [0.3, 0.4) is 0 Å². The lowest BCUT2D eigenvalue weighted by molar-refractivity contribution is -0.257. The Balaban J connectivity index is 2.39. The highest BCUT2D eigenvalue weighted by atomic mass is 32.1. The number of hydrogen-bond donors (Lipinski definition) is 0. The predicted octanol–water partition coefficient (Wildman–Crippen LogP) is 1.37. The van der Waals surface area contributed by atoms with Crippen LogP contribution < -0.4 is 5.11 Å². The van der Waals surface area contributed by atoms with Crippen molar-refractivity contribution in [1.82, 2.24) is 0 Å². The second-order valence-corrected chi connectivity index (χ2v) is 3.38. The molecule has 13 heavy (non-hydrogen) atoms. The van der Waals surface area contributed by atoms with E-state index in [4.69, 9.17) is 4.42 Å². The van der Waals surface area contributed by atoms with Crippen molar-refractivity contribution < 1.29 is 14.3 Å². The first-order valence-electron chi connectivity index (χ1n) is 3.62. The molecule has 0 N–H and O–H groups in total. The Kier molecular flexibility index (Phi) is 1.90. The Morgan fingerprint density at radius 3 is 2.77 bits per heavy atom. The molecule has 0 radical (unpaired) electrons. The molecule has 0 aromatic carbocycles. The first kappa shape index (κ1) is 8.07. The van der Waals surface area contributed by atoms with Crippen LogP contribution >= 0.6 is 11.3 Å². The van der Waals surface area contributed by atoms with E-state index in [1.165, 1.54) is 17.4 Å². The van der Waals surface area contributed by atoms with Gasteiger partial charge in [-0.15, -0.1) is 11.3 Å². The molecular weight excluding hydrogens is 188 g/mol. The van der Waals surface area contributed by atoms with Crippen LogP contribution in [-0.2, 0) is 0 Å². The van der Waals surface area contributed by atoms with Crippen LogP contribution in [0.4, 0.5) is 0 Å². The number of furan rings is 1. The van der Waals surface area contributed by atoms with Gasteiger partial charge in [-0.1, -0.05) is 6.07 Å². The number of aromatic carboxylic acids is 1. The van der Waals surface area contributed by atoms with Crippen LogP contribution in [0.1, 0.15) is 10.6 Å². The van der Waals surface area contributed by atoms with E-state index in [9.17, 15) is 9.90 Å². The normalized spacial score (nSPS) is 10.2. The lowest BCUT2D eigenvalue weighted by atomic mass is 10.3. The van der Waals surface area contributed by atoms with Crippen molar-refractivity contribution in [3.8, 4) is 10.6 Å². The summed E-state index contributed by atoms with van der Waals surface area (Å²) in [5, 5.41) is 12.3. The fourth-order valence-corrected chi connectivity index (χ4v) is 1.69. The van der Waals surface area contributed by atoms with Gasteiger partial charge in [0.1, 0.15) is 17.5 Å². The molecule has 3 nitrogen and oxygen atoms in total. The van der Waals surface area contributed by atoms with Crippen molar-refractivity contribution in [2.45, 2.75) is 0 Å². The van der Waals surface area contributed by atoms with E-state index in [1.54, 1.807) is 6.07 Å². The Morgan fingerprint density at radius 2 is 2.23 bits per heavy atom. The predicted molar refractivity (Wildman–Crippen MR) is 46.4 cm³/mol. The summed E-state index contributed by atoms with van der Waals surface area (Å²) in [5.41, 5.74) is 0. The molecule has 0 aliphatic rings. The highest BCUT2D eigenvalue weighted by Gasteiger charge is 2.05. The SMILES string of the molecule is O=C([O-])c1ccc(-c2cccs2)o1. The molecule has 0 aliphatic heterocycles. The molecule has 0 aliphatic carbocycles. The fraction of sp³-hybridized carbons (Fsp3) is 0. The van der Waals surface area contributed by atoms with Crippen LogP contribution in [0.25, 0.3) is 10.6 Å². The van der Waals surface area contributed by atoms with E-state index in [2.05, 4.69) is 0 Å². The summed E-state index contributed by atoms with van der Waals surface area (Å²) in [6.07, 6.45) is 0. The molecule has 2 aromatic heterocycles. The van der Waals surface area contributed by atoms with E-state index < -0.39 is 5.97 Å². The Hall–Kier alpha value is -1.55. The molecule has 0 bridgehead atoms. The smallest absolute Gasteiger partial charge is 0.150 e. The third-order valence-corrected chi connectivity index (χ3v) is 2.46. The summed E-state index contributed by atoms with van der Waals surface area (Å²) in [4.78, 5) is 11.3. The second kappa shape index (κ2) is 3.06. The minimum atomic E-state index is -1.29. The van der Waals surface area contributed by atoms with E-state index in [0.29, 0.717) is 5.76 Å². The number of carbonyl (C=O) groups excluding carboxylic acids is 1. The van der Waals surface area contributed by atoms with Crippen molar-refractivity contribution in [3.63, 3.8) is 0 Å². The summed E-state index contributed by atoms with van der Waals surface area (Å²) >= 11 is 1.49. The number of carbonyl (C=O) groups is 1. The van der Waals surface area contributed by atoms with E-state index in [1.807, 2.05) is 17.5 Å². The molecule has 2 rings (SSSR count). The van der Waals surface area contributed by atoms with Gasteiger partial charge in [-0.25, -0.2) is 0 Å². The average Bonchev–Trinajstić information content (AvgIpc) is 2.75. The zero-order valence-electron chi connectivity index (χ0n) is 6.52. The Bertz CT molecular complexity index is 414. The van der Waals surface area contributed by atoms with Crippen molar-refractivity contribution in [2.75, 3.05) is 0 Å². The highest BCUT2D eigenvalue weighted by molar-refractivity contribution is 7.13. The summed E-state index contributed by atoms with van der Waals surface area (Å²) in [5.74, 6) is -0.861. The van der Waals surface area contributed by atoms with Crippen molar-refractivity contribution in [2.24, 2.45) is 0 Å². The molecule has 0 saturated carbocycles. The molecular formula is C9H5O3S-. The van der Waals surface area contributed by atoms with Gasteiger partial charge >= 0.3 is 0 Å². The summed E-state index contributed by atoms with van der Waals surface area (Å²) in [7, 11) is 0. The number of carboxylic acids is 1. The van der Waals surface area contributed by atoms with Crippen LogP contribution in [0.2, 0.25) is 0 Å². The van der Waals surface area contributed by atoms with Gasteiger partial charge in [-0.3, -0.25) is 0 Å². The quantitative estimate of drug-likeness (QED) is 0.723. The van der Waals surface area contributed by atoms with Gasteiger partial charge in [0, 0.05) is 0 Å². The van der Waals surface area contributed by atoms with Gasteiger partial charge in [0.05, 0.1) is 4.88 Å². The van der Waals surface area contributed by atoms with Crippen molar-refractivity contribution >= 4 is 17.3 Å². The molecule has 4 heteroatoms. The first-order chi connectivity index (χ1) is 6.27. The maximum Gasteiger partial charge on any atom is 0.150 e. The summed E-state index contributed by atoms with van der Waals surface area (Å²) in [6.45, 7) is 0. The largest absolute Gasteiger partial charge is 0.542 e. The molecule has 0 amide bonds. The zero-order chi connectivity index (χ0) is 9.26. The van der Waals surface area contributed by atoms with E-state index in [-0.39, 0.29) is 5.76 Å². The van der Waals surface area contributed by atoms with Gasteiger partial charge in [0.2, 0.25) is 0 Å². The van der Waals surface area contributed by atoms with Crippen molar-refractivity contribution in [3.05, 3.63) is 35.4 Å². The van der Waals surface area contributed by atoms with Crippen LogP contribution in [-0.4, -0.2) is 5.97 Å². The first-order valence-corrected chi connectivity index (χ1v) is 4.50. The van der Waals surface area contributed by atoms with E-state index >= 15 is 0 Å². The number of rotatable bonds is 2. The zero-order valence-corrected chi connectivity index (χ0v) is 7.34. The van der Waals surface area contributed by atoms with Gasteiger partial charge in [-0.05, 0) is 23.6 Å². The maximum atomic E-state index is 10.4. The molecule has 0 saturated heterocycles. The lowest BCUT2D eigenvalue weighted by Crippen LogP contribution is -2.21. The number of thiophene rings is 1. The highest BCUT2D eigenvalue weighted by Crippen LogP contribution is 2.26. The molecule has 0 spiro atoms. The third kappa shape index (κ3) is 1.48. The minimum Gasteiger partial charge on any atom is -0.542 e. The minimum absolute atomic E-state index is 0.136. The fourth-order valence-electron chi connectivity index (χ4n) is 0.999. The molecule has 2 aromatic rings. The Labute approximate surface area is 78.2 Å². The standard InChI is InChI=1S/C9H6O3S/c10-9(11)7-4-3-6(12-7)8-2-1-5-13-8/h1-5H,(H,10,11)/p-1. The lowest BCUT2D eigenvalue weighted by Gasteiger charge is -1.94.